The molecule has 0 radical (unpaired) electrons. The van der Waals surface area contributed by atoms with Crippen molar-refractivity contribution in [3.8, 4) is 5.75 Å². The van der Waals surface area contributed by atoms with E-state index in [2.05, 4.69) is 0 Å². The van der Waals surface area contributed by atoms with E-state index in [0.29, 0.717) is 17.1 Å². The molecule has 0 unspecified atom stereocenters. The molecule has 2 aromatic rings. The maximum atomic E-state index is 9.32. The molecular weight excluding hydrogens is 178 g/mol. The quantitative estimate of drug-likeness (QED) is 0.469. The van der Waals surface area contributed by atoms with Crippen molar-refractivity contribution >= 4 is 27.8 Å². The Morgan fingerprint density at radius 1 is 0.786 bits per heavy atom. The van der Waals surface area contributed by atoms with Gasteiger partial charge in [-0.25, -0.2) is 0 Å². The summed E-state index contributed by atoms with van der Waals surface area (Å²) in [5.41, 5.74) is 18.5. The van der Waals surface area contributed by atoms with Gasteiger partial charge in [0, 0.05) is 17.1 Å². The molecule has 2 rings (SSSR count). The predicted molar refractivity (Wildman–Crippen MR) is 58.9 cm³/mol. The van der Waals surface area contributed by atoms with Crippen molar-refractivity contribution in [3.05, 3.63) is 24.3 Å². The highest BCUT2D eigenvalue weighted by atomic mass is 16.3. The van der Waals surface area contributed by atoms with E-state index in [9.17, 15) is 5.11 Å². The normalized spacial score (nSPS) is 10.6. The number of fused-ring (bicyclic) bond motifs is 1. The first kappa shape index (κ1) is 8.50. The zero-order valence-corrected chi connectivity index (χ0v) is 7.49. The summed E-state index contributed by atoms with van der Waals surface area (Å²) in [6, 6.07) is 6.49. The van der Waals surface area contributed by atoms with Crippen LogP contribution in [0.15, 0.2) is 24.3 Å². The van der Waals surface area contributed by atoms with Crippen molar-refractivity contribution < 1.29 is 5.11 Å². The van der Waals surface area contributed by atoms with Gasteiger partial charge in [0.25, 0.3) is 0 Å². The number of phenolic OH excluding ortho intramolecular Hbond substituents is 1. The summed E-state index contributed by atoms with van der Waals surface area (Å²) < 4.78 is 0. The lowest BCUT2D eigenvalue weighted by Gasteiger charge is -2.06. The fourth-order valence-electron chi connectivity index (χ4n) is 1.46. The average Bonchev–Trinajstić information content (AvgIpc) is 2.08. The Labute approximate surface area is 80.9 Å². The Morgan fingerprint density at radius 2 is 1.43 bits per heavy atom. The molecule has 0 aliphatic rings. The summed E-state index contributed by atoms with van der Waals surface area (Å²) in [5, 5.41) is 10.9. The van der Waals surface area contributed by atoms with E-state index in [1.54, 1.807) is 18.2 Å². The van der Waals surface area contributed by atoms with Crippen LogP contribution in [-0.4, -0.2) is 5.11 Å². The number of nitrogen functional groups attached to an aromatic ring is 3. The van der Waals surface area contributed by atoms with Gasteiger partial charge < -0.3 is 22.3 Å². The first-order valence-corrected chi connectivity index (χ1v) is 4.15. The molecule has 0 amide bonds. The van der Waals surface area contributed by atoms with E-state index in [1.165, 1.54) is 6.07 Å². The topological polar surface area (TPSA) is 98.3 Å². The number of anilines is 3. The molecule has 0 atom stereocenters. The zero-order valence-electron chi connectivity index (χ0n) is 7.49. The van der Waals surface area contributed by atoms with Gasteiger partial charge in [0.2, 0.25) is 0 Å². The Balaban J connectivity index is 2.89. The third-order valence-electron chi connectivity index (χ3n) is 2.17. The van der Waals surface area contributed by atoms with Gasteiger partial charge in [-0.1, -0.05) is 0 Å². The van der Waals surface area contributed by atoms with Crippen LogP contribution < -0.4 is 17.2 Å². The lowest BCUT2D eigenvalue weighted by Crippen LogP contribution is -1.95. The fourth-order valence-corrected chi connectivity index (χ4v) is 1.46. The van der Waals surface area contributed by atoms with Crippen LogP contribution in [0.3, 0.4) is 0 Å². The molecule has 0 aromatic heterocycles. The number of hydrogen-bond donors (Lipinski definition) is 4. The van der Waals surface area contributed by atoms with Crippen molar-refractivity contribution in [1.82, 2.24) is 0 Å². The summed E-state index contributed by atoms with van der Waals surface area (Å²) in [7, 11) is 0. The van der Waals surface area contributed by atoms with Crippen LogP contribution in [-0.2, 0) is 0 Å². The average molecular weight is 189 g/mol. The zero-order chi connectivity index (χ0) is 10.3. The number of nitrogens with two attached hydrogens (primary N) is 3. The second kappa shape index (κ2) is 2.70. The molecule has 4 nitrogen and oxygen atoms in total. The van der Waals surface area contributed by atoms with Crippen molar-refractivity contribution in [2.24, 2.45) is 0 Å². The van der Waals surface area contributed by atoms with Crippen molar-refractivity contribution in [2.45, 2.75) is 0 Å². The van der Waals surface area contributed by atoms with Crippen LogP contribution in [0.25, 0.3) is 10.8 Å². The van der Waals surface area contributed by atoms with Crippen molar-refractivity contribution in [3.63, 3.8) is 0 Å². The molecule has 0 fully saturated rings. The Bertz CT molecular complexity index is 508. The molecule has 72 valence electrons. The number of benzene rings is 2. The monoisotopic (exact) mass is 189 g/mol. The van der Waals surface area contributed by atoms with Crippen LogP contribution in [0.5, 0.6) is 5.75 Å². The second-order valence-corrected chi connectivity index (χ2v) is 3.24. The summed E-state index contributed by atoms with van der Waals surface area (Å²) in [4.78, 5) is 0. The van der Waals surface area contributed by atoms with E-state index < -0.39 is 0 Å². The molecule has 0 saturated heterocycles. The fraction of sp³-hybridized carbons (Fsp3) is 0. The van der Waals surface area contributed by atoms with E-state index in [0.717, 1.165) is 10.8 Å². The van der Waals surface area contributed by atoms with E-state index in [4.69, 9.17) is 17.2 Å². The van der Waals surface area contributed by atoms with Gasteiger partial charge >= 0.3 is 0 Å². The van der Waals surface area contributed by atoms with Crippen molar-refractivity contribution in [2.75, 3.05) is 17.2 Å². The minimum Gasteiger partial charge on any atom is -0.508 e. The first-order chi connectivity index (χ1) is 6.58. The van der Waals surface area contributed by atoms with E-state index in [1.807, 2.05) is 0 Å². The van der Waals surface area contributed by atoms with Crippen LogP contribution in [0.1, 0.15) is 0 Å². The number of phenols is 1. The van der Waals surface area contributed by atoms with Crippen LogP contribution in [0.2, 0.25) is 0 Å². The largest absolute Gasteiger partial charge is 0.508 e. The molecule has 0 heterocycles. The van der Waals surface area contributed by atoms with E-state index in [-0.39, 0.29) is 5.75 Å². The van der Waals surface area contributed by atoms with Crippen LogP contribution in [0.4, 0.5) is 17.1 Å². The summed E-state index contributed by atoms with van der Waals surface area (Å²) >= 11 is 0. The highest BCUT2D eigenvalue weighted by Crippen LogP contribution is 2.31. The molecule has 0 aliphatic carbocycles. The molecule has 2 aromatic carbocycles. The predicted octanol–water partition coefficient (Wildman–Crippen LogP) is 1.29. The Morgan fingerprint density at radius 3 is 2.14 bits per heavy atom. The molecule has 7 N–H and O–H groups in total. The van der Waals surface area contributed by atoms with Crippen LogP contribution >= 0.6 is 0 Å². The third kappa shape index (κ3) is 1.17. The lowest BCUT2D eigenvalue weighted by atomic mass is 10.1. The third-order valence-corrected chi connectivity index (χ3v) is 2.17. The van der Waals surface area contributed by atoms with Gasteiger partial charge in [0.15, 0.2) is 0 Å². The van der Waals surface area contributed by atoms with Gasteiger partial charge in [0.05, 0.1) is 11.4 Å². The van der Waals surface area contributed by atoms with Gasteiger partial charge in [-0.3, -0.25) is 0 Å². The molecule has 0 spiro atoms. The summed E-state index contributed by atoms with van der Waals surface area (Å²) in [6.45, 7) is 0. The molecule has 14 heavy (non-hydrogen) atoms. The standard InChI is InChI=1S/C10H11N3O/c11-8-3-6(14)1-5-2-9(12)10(13)4-7(5)8/h1-4,14H,11-13H2. The van der Waals surface area contributed by atoms with Crippen LogP contribution in [0, 0.1) is 0 Å². The number of aromatic hydroxyl groups is 1. The highest BCUT2D eigenvalue weighted by molar-refractivity contribution is 5.99. The summed E-state index contributed by atoms with van der Waals surface area (Å²) in [5.74, 6) is 0.124. The molecule has 4 heteroatoms. The maximum Gasteiger partial charge on any atom is 0.118 e. The Hall–Kier alpha value is -2.10. The van der Waals surface area contributed by atoms with Gasteiger partial charge in [-0.15, -0.1) is 0 Å². The lowest BCUT2D eigenvalue weighted by molar-refractivity contribution is 0.476. The van der Waals surface area contributed by atoms with Gasteiger partial charge in [-0.05, 0) is 23.6 Å². The smallest absolute Gasteiger partial charge is 0.118 e. The minimum atomic E-state index is 0.124. The number of hydrogen-bond acceptors (Lipinski definition) is 4. The molecular formula is C10H11N3O. The summed E-state index contributed by atoms with van der Waals surface area (Å²) in [6.07, 6.45) is 0. The number of rotatable bonds is 0. The first-order valence-electron chi connectivity index (χ1n) is 4.15. The molecule has 0 saturated carbocycles. The van der Waals surface area contributed by atoms with Crippen molar-refractivity contribution in [1.29, 1.82) is 0 Å². The highest BCUT2D eigenvalue weighted by Gasteiger charge is 2.03. The minimum absolute atomic E-state index is 0.124. The Kier molecular flexibility index (Phi) is 1.64. The van der Waals surface area contributed by atoms with Gasteiger partial charge in [-0.2, -0.15) is 0 Å². The molecule has 0 bridgehead atoms. The maximum absolute atomic E-state index is 9.32. The van der Waals surface area contributed by atoms with E-state index >= 15 is 0 Å². The SMILES string of the molecule is Nc1cc2cc(O)cc(N)c2cc1N. The molecule has 0 aliphatic heterocycles. The van der Waals surface area contributed by atoms with Gasteiger partial charge in [0.1, 0.15) is 5.75 Å². The second-order valence-electron chi connectivity index (χ2n) is 3.24.